The molecule has 3 nitrogen and oxygen atoms in total. The summed E-state index contributed by atoms with van der Waals surface area (Å²) in [4.78, 5) is 16.2. The molecule has 0 saturated heterocycles. The molecule has 112 valence electrons. The molecule has 21 heavy (non-hydrogen) atoms. The summed E-state index contributed by atoms with van der Waals surface area (Å²) in [5, 5.41) is 5.75. The molecule has 1 aromatic carbocycles. The Balaban J connectivity index is 1.91. The van der Waals surface area contributed by atoms with Crippen molar-refractivity contribution in [3.05, 3.63) is 41.2 Å². The maximum absolute atomic E-state index is 12.9. The predicted molar refractivity (Wildman–Crippen MR) is 83.7 cm³/mol. The largest absolute Gasteiger partial charge is 0.354 e. The van der Waals surface area contributed by atoms with Crippen LogP contribution in [0.1, 0.15) is 32.4 Å². The Hall–Kier alpha value is -1.75. The smallest absolute Gasteiger partial charge is 0.220 e. The lowest BCUT2D eigenvalue weighted by atomic mass is 10.2. The van der Waals surface area contributed by atoms with Gasteiger partial charge in [0.2, 0.25) is 5.91 Å². The fraction of sp³-hybridized carbons (Fsp3) is 0.375. The first-order chi connectivity index (χ1) is 10.1. The topological polar surface area (TPSA) is 42.0 Å². The summed E-state index contributed by atoms with van der Waals surface area (Å²) in [5.41, 5.74) is 1.80. The number of hydrogen-bond acceptors (Lipinski definition) is 3. The zero-order chi connectivity index (χ0) is 15.2. The van der Waals surface area contributed by atoms with E-state index < -0.39 is 0 Å². The van der Waals surface area contributed by atoms with Gasteiger partial charge in [0.1, 0.15) is 10.8 Å². The molecule has 1 amide bonds. The third-order valence-corrected chi connectivity index (χ3v) is 4.21. The molecule has 1 unspecified atom stereocenters. The van der Waals surface area contributed by atoms with Crippen LogP contribution >= 0.6 is 11.3 Å². The summed E-state index contributed by atoms with van der Waals surface area (Å²) >= 11 is 1.51. The summed E-state index contributed by atoms with van der Waals surface area (Å²) in [5.74, 6) is -0.196. The fourth-order valence-corrected chi connectivity index (χ4v) is 2.70. The number of benzene rings is 1. The third-order valence-electron chi connectivity index (χ3n) is 3.27. The number of hydrogen-bond donors (Lipinski definition) is 1. The highest BCUT2D eigenvalue weighted by Gasteiger charge is 2.09. The minimum atomic E-state index is -0.253. The quantitative estimate of drug-likeness (QED) is 0.882. The van der Waals surface area contributed by atoms with Gasteiger partial charge in [-0.25, -0.2) is 9.37 Å². The van der Waals surface area contributed by atoms with Crippen LogP contribution in [-0.4, -0.2) is 16.9 Å². The third kappa shape index (κ3) is 4.63. The first kappa shape index (κ1) is 15.6. The van der Waals surface area contributed by atoms with E-state index in [4.69, 9.17) is 0 Å². The van der Waals surface area contributed by atoms with Crippen LogP contribution in [0.4, 0.5) is 4.39 Å². The van der Waals surface area contributed by atoms with Crippen LogP contribution in [0.3, 0.4) is 0 Å². The number of nitrogens with zero attached hydrogens (tertiary/aromatic N) is 1. The van der Waals surface area contributed by atoms with E-state index in [9.17, 15) is 9.18 Å². The number of halogens is 1. The van der Waals surface area contributed by atoms with E-state index in [2.05, 4.69) is 10.3 Å². The Kier molecular flexibility index (Phi) is 5.44. The van der Waals surface area contributed by atoms with Crippen molar-refractivity contribution in [2.75, 3.05) is 0 Å². The Labute approximate surface area is 128 Å². The highest BCUT2D eigenvalue weighted by molar-refractivity contribution is 7.13. The number of nitrogens with one attached hydrogen (secondary N) is 1. The highest BCUT2D eigenvalue weighted by Crippen LogP contribution is 2.24. The lowest BCUT2D eigenvalue weighted by molar-refractivity contribution is -0.121. The van der Waals surface area contributed by atoms with Crippen LogP contribution in [0.5, 0.6) is 0 Å². The minimum Gasteiger partial charge on any atom is -0.354 e. The van der Waals surface area contributed by atoms with Crippen LogP contribution < -0.4 is 5.32 Å². The molecule has 0 spiro atoms. The van der Waals surface area contributed by atoms with Crippen molar-refractivity contribution in [1.82, 2.24) is 10.3 Å². The lowest BCUT2D eigenvalue weighted by Gasteiger charge is -2.10. The van der Waals surface area contributed by atoms with Gasteiger partial charge in [-0.3, -0.25) is 4.79 Å². The molecule has 1 atom stereocenters. The van der Waals surface area contributed by atoms with Crippen molar-refractivity contribution in [2.24, 2.45) is 0 Å². The van der Waals surface area contributed by atoms with Crippen molar-refractivity contribution in [1.29, 1.82) is 0 Å². The summed E-state index contributed by atoms with van der Waals surface area (Å²) in [6.07, 6.45) is 1.99. The predicted octanol–water partition coefficient (Wildman–Crippen LogP) is 3.80. The van der Waals surface area contributed by atoms with Crippen molar-refractivity contribution < 1.29 is 9.18 Å². The Morgan fingerprint density at radius 3 is 2.76 bits per heavy atom. The number of carbonyl (C=O) groups is 1. The van der Waals surface area contributed by atoms with Gasteiger partial charge in [0, 0.05) is 23.4 Å². The second-order valence-electron chi connectivity index (χ2n) is 5.03. The minimum absolute atomic E-state index is 0.0562. The monoisotopic (exact) mass is 306 g/mol. The maximum Gasteiger partial charge on any atom is 0.220 e. The molecule has 2 rings (SSSR count). The van der Waals surface area contributed by atoms with Gasteiger partial charge in [-0.05, 0) is 44.0 Å². The number of aromatic nitrogens is 1. The highest BCUT2D eigenvalue weighted by atomic mass is 32.1. The van der Waals surface area contributed by atoms with Crippen LogP contribution in [0, 0.1) is 5.82 Å². The first-order valence-electron chi connectivity index (χ1n) is 7.08. The molecule has 0 radical (unpaired) electrons. The van der Waals surface area contributed by atoms with Crippen molar-refractivity contribution in [3.63, 3.8) is 0 Å². The molecule has 0 aliphatic rings. The Bertz CT molecular complexity index is 595. The lowest BCUT2D eigenvalue weighted by Crippen LogP contribution is -2.32. The summed E-state index contributed by atoms with van der Waals surface area (Å²) in [7, 11) is 0. The van der Waals surface area contributed by atoms with E-state index in [1.54, 1.807) is 12.1 Å². The van der Waals surface area contributed by atoms with Gasteiger partial charge in [0.25, 0.3) is 0 Å². The molecule has 2 aromatic rings. The van der Waals surface area contributed by atoms with E-state index in [0.717, 1.165) is 22.7 Å². The molecule has 1 N–H and O–H groups in total. The SMILES string of the molecule is CCC(C)NC(=O)CCc1csc(-c2ccc(F)cc2)n1. The molecular formula is C16H19FN2OS. The summed E-state index contributed by atoms with van der Waals surface area (Å²) in [6, 6.07) is 6.50. The molecule has 0 aliphatic heterocycles. The van der Waals surface area contributed by atoms with Gasteiger partial charge in [-0.2, -0.15) is 0 Å². The normalized spacial score (nSPS) is 12.1. The van der Waals surface area contributed by atoms with Crippen LogP contribution in [0.2, 0.25) is 0 Å². The van der Waals surface area contributed by atoms with Gasteiger partial charge in [0.05, 0.1) is 5.69 Å². The molecule has 0 fully saturated rings. The first-order valence-corrected chi connectivity index (χ1v) is 7.96. The fourth-order valence-electron chi connectivity index (χ4n) is 1.84. The molecule has 0 bridgehead atoms. The van der Waals surface area contributed by atoms with Gasteiger partial charge >= 0.3 is 0 Å². The van der Waals surface area contributed by atoms with E-state index in [0.29, 0.717) is 12.8 Å². The Morgan fingerprint density at radius 1 is 1.38 bits per heavy atom. The number of aryl methyl sites for hydroxylation is 1. The van der Waals surface area contributed by atoms with Crippen LogP contribution in [-0.2, 0) is 11.2 Å². The van der Waals surface area contributed by atoms with Crippen molar-refractivity contribution in [3.8, 4) is 10.6 Å². The van der Waals surface area contributed by atoms with Gasteiger partial charge in [0.15, 0.2) is 0 Å². The maximum atomic E-state index is 12.9. The molecular weight excluding hydrogens is 287 g/mol. The second-order valence-corrected chi connectivity index (χ2v) is 5.89. The standard InChI is InChI=1S/C16H19FN2OS/c1-3-11(2)18-15(20)9-8-14-10-21-16(19-14)12-4-6-13(17)7-5-12/h4-7,10-11H,3,8-9H2,1-2H3,(H,18,20). The molecule has 1 heterocycles. The molecule has 1 aromatic heterocycles. The Morgan fingerprint density at radius 2 is 2.10 bits per heavy atom. The number of amides is 1. The zero-order valence-electron chi connectivity index (χ0n) is 12.2. The average Bonchev–Trinajstić information content (AvgIpc) is 2.94. The molecule has 0 aliphatic carbocycles. The van der Waals surface area contributed by atoms with Crippen LogP contribution in [0.15, 0.2) is 29.6 Å². The van der Waals surface area contributed by atoms with Crippen LogP contribution in [0.25, 0.3) is 10.6 Å². The van der Waals surface area contributed by atoms with Crippen molar-refractivity contribution in [2.45, 2.75) is 39.2 Å². The van der Waals surface area contributed by atoms with Gasteiger partial charge < -0.3 is 5.32 Å². The number of carbonyl (C=O) groups excluding carboxylic acids is 1. The number of thiazole rings is 1. The average molecular weight is 306 g/mol. The molecule has 5 heteroatoms. The van der Waals surface area contributed by atoms with E-state index >= 15 is 0 Å². The van der Waals surface area contributed by atoms with E-state index in [1.807, 2.05) is 19.2 Å². The van der Waals surface area contributed by atoms with E-state index in [-0.39, 0.29) is 17.8 Å². The van der Waals surface area contributed by atoms with E-state index in [1.165, 1.54) is 23.5 Å². The summed E-state index contributed by atoms with van der Waals surface area (Å²) < 4.78 is 12.9. The second kappa shape index (κ2) is 7.31. The van der Waals surface area contributed by atoms with Gasteiger partial charge in [-0.15, -0.1) is 11.3 Å². The van der Waals surface area contributed by atoms with Gasteiger partial charge in [-0.1, -0.05) is 6.92 Å². The zero-order valence-corrected chi connectivity index (χ0v) is 13.0. The van der Waals surface area contributed by atoms with Crippen molar-refractivity contribution >= 4 is 17.2 Å². The summed E-state index contributed by atoms with van der Waals surface area (Å²) in [6.45, 7) is 4.04. The molecule has 0 saturated carbocycles. The number of rotatable bonds is 6.